The third kappa shape index (κ3) is 2.96. The summed E-state index contributed by atoms with van der Waals surface area (Å²) in [4.78, 5) is 11.1. The largest absolute Gasteiger partial charge is 0.426 e. The number of β-amino-alcohol motifs (C(OH)–C–C–N with tert-alkyl or cyclic N) is 1. The van der Waals surface area contributed by atoms with Crippen molar-refractivity contribution in [2.45, 2.75) is 39.2 Å². The van der Waals surface area contributed by atoms with Gasteiger partial charge in [-0.05, 0) is 62.1 Å². The van der Waals surface area contributed by atoms with E-state index in [0.29, 0.717) is 12.3 Å². The number of rotatable bonds is 2. The fraction of sp³-hybridized carbons (Fsp3) is 0.533. The van der Waals surface area contributed by atoms with E-state index in [4.69, 9.17) is 4.74 Å². The number of benzene rings is 1. The molecular formula is C15H21NO3. The minimum absolute atomic E-state index is 0.322. The first-order valence-corrected chi connectivity index (χ1v) is 6.65. The van der Waals surface area contributed by atoms with Crippen LogP contribution >= 0.6 is 0 Å². The number of hydrogen-bond acceptors (Lipinski definition) is 4. The topological polar surface area (TPSA) is 58.6 Å². The SMILES string of the molecule is CC(=O)Oc1c(C)cc(C2(O)CCCNC2)cc1C. The summed E-state index contributed by atoms with van der Waals surface area (Å²) in [6, 6.07) is 3.83. The maximum atomic E-state index is 11.1. The number of esters is 1. The van der Waals surface area contributed by atoms with Crippen LogP contribution in [0.4, 0.5) is 0 Å². The quantitative estimate of drug-likeness (QED) is 0.631. The second kappa shape index (κ2) is 5.31. The molecule has 4 heteroatoms. The zero-order chi connectivity index (χ0) is 14.0. The second-order valence-electron chi connectivity index (χ2n) is 5.34. The van der Waals surface area contributed by atoms with Crippen molar-refractivity contribution in [1.82, 2.24) is 5.32 Å². The standard InChI is InChI=1S/C15H21NO3/c1-10-7-13(15(18)5-4-6-16-9-15)8-11(2)14(10)19-12(3)17/h7-8,16,18H,4-6,9H2,1-3H3. The Balaban J connectivity index is 2.36. The first-order valence-electron chi connectivity index (χ1n) is 6.65. The smallest absolute Gasteiger partial charge is 0.308 e. The van der Waals surface area contributed by atoms with Crippen LogP contribution in [0.1, 0.15) is 36.5 Å². The Bertz CT molecular complexity index is 467. The Morgan fingerprint density at radius 3 is 2.47 bits per heavy atom. The first-order chi connectivity index (χ1) is 8.92. The Morgan fingerprint density at radius 1 is 1.37 bits per heavy atom. The van der Waals surface area contributed by atoms with Crippen molar-refractivity contribution >= 4 is 5.97 Å². The summed E-state index contributed by atoms with van der Waals surface area (Å²) in [5, 5.41) is 13.9. The van der Waals surface area contributed by atoms with Gasteiger partial charge in [-0.1, -0.05) is 0 Å². The molecule has 2 N–H and O–H groups in total. The molecule has 1 unspecified atom stereocenters. The van der Waals surface area contributed by atoms with Gasteiger partial charge in [0.05, 0.1) is 0 Å². The number of piperidine rings is 1. The third-order valence-corrected chi connectivity index (χ3v) is 3.60. The number of ether oxygens (including phenoxy) is 1. The van der Waals surface area contributed by atoms with Gasteiger partial charge in [0.15, 0.2) is 0 Å². The van der Waals surface area contributed by atoms with Crippen molar-refractivity contribution < 1.29 is 14.6 Å². The number of nitrogens with one attached hydrogen (secondary N) is 1. The van der Waals surface area contributed by atoms with Gasteiger partial charge < -0.3 is 15.2 Å². The van der Waals surface area contributed by atoms with E-state index in [1.807, 2.05) is 26.0 Å². The Kier molecular flexibility index (Phi) is 3.92. The van der Waals surface area contributed by atoms with Gasteiger partial charge in [-0.25, -0.2) is 0 Å². The molecule has 0 bridgehead atoms. The summed E-state index contributed by atoms with van der Waals surface area (Å²) in [5.74, 6) is 0.278. The van der Waals surface area contributed by atoms with Crippen molar-refractivity contribution in [3.63, 3.8) is 0 Å². The third-order valence-electron chi connectivity index (χ3n) is 3.60. The fourth-order valence-electron chi connectivity index (χ4n) is 2.66. The van der Waals surface area contributed by atoms with Crippen LogP contribution in [0.3, 0.4) is 0 Å². The average molecular weight is 263 g/mol. The molecule has 0 aliphatic carbocycles. The maximum absolute atomic E-state index is 11.1. The van der Waals surface area contributed by atoms with Crippen LogP contribution < -0.4 is 10.1 Å². The predicted octanol–water partition coefficient (Wildman–Crippen LogP) is 1.80. The van der Waals surface area contributed by atoms with E-state index in [-0.39, 0.29) is 5.97 Å². The van der Waals surface area contributed by atoms with Crippen LogP contribution in [0.15, 0.2) is 12.1 Å². The molecule has 19 heavy (non-hydrogen) atoms. The molecule has 1 aromatic carbocycles. The van der Waals surface area contributed by atoms with Gasteiger partial charge in [0.25, 0.3) is 0 Å². The van der Waals surface area contributed by atoms with E-state index in [2.05, 4.69) is 5.32 Å². The zero-order valence-electron chi connectivity index (χ0n) is 11.7. The lowest BCUT2D eigenvalue weighted by atomic mass is 9.85. The lowest BCUT2D eigenvalue weighted by Crippen LogP contribution is -2.43. The molecule has 4 nitrogen and oxygen atoms in total. The van der Waals surface area contributed by atoms with Gasteiger partial charge in [0, 0.05) is 13.5 Å². The van der Waals surface area contributed by atoms with Crippen LogP contribution in [0.25, 0.3) is 0 Å². The molecule has 0 aromatic heterocycles. The van der Waals surface area contributed by atoms with Crippen LogP contribution in [0.5, 0.6) is 5.75 Å². The summed E-state index contributed by atoms with van der Waals surface area (Å²) in [6.07, 6.45) is 1.71. The van der Waals surface area contributed by atoms with Crippen molar-refractivity contribution in [1.29, 1.82) is 0 Å². The van der Waals surface area contributed by atoms with Gasteiger partial charge in [-0.15, -0.1) is 0 Å². The molecule has 1 aliphatic heterocycles. The van der Waals surface area contributed by atoms with Crippen LogP contribution in [0.2, 0.25) is 0 Å². The van der Waals surface area contributed by atoms with Gasteiger partial charge in [-0.2, -0.15) is 0 Å². The van der Waals surface area contributed by atoms with Crippen molar-refractivity contribution in [3.8, 4) is 5.75 Å². The molecule has 0 spiro atoms. The molecule has 104 valence electrons. The summed E-state index contributed by atoms with van der Waals surface area (Å²) < 4.78 is 5.21. The Labute approximate surface area is 113 Å². The monoisotopic (exact) mass is 263 g/mol. The first kappa shape index (κ1) is 14.0. The van der Waals surface area contributed by atoms with Gasteiger partial charge in [0.1, 0.15) is 11.4 Å². The van der Waals surface area contributed by atoms with E-state index >= 15 is 0 Å². The van der Waals surface area contributed by atoms with E-state index in [9.17, 15) is 9.90 Å². The predicted molar refractivity (Wildman–Crippen MR) is 73.2 cm³/mol. The number of aliphatic hydroxyl groups is 1. The molecular weight excluding hydrogens is 242 g/mol. The molecule has 0 amide bonds. The Morgan fingerprint density at radius 2 is 2.00 bits per heavy atom. The summed E-state index contributed by atoms with van der Waals surface area (Å²) >= 11 is 0. The van der Waals surface area contributed by atoms with Crippen molar-refractivity contribution in [3.05, 3.63) is 28.8 Å². The highest BCUT2D eigenvalue weighted by Gasteiger charge is 2.32. The lowest BCUT2D eigenvalue weighted by Gasteiger charge is -2.33. The van der Waals surface area contributed by atoms with E-state index in [0.717, 1.165) is 36.1 Å². The number of carbonyl (C=O) groups excluding carboxylic acids is 1. The zero-order valence-corrected chi connectivity index (χ0v) is 11.7. The minimum Gasteiger partial charge on any atom is -0.426 e. The molecule has 1 saturated heterocycles. The normalized spacial score (nSPS) is 23.2. The molecule has 1 fully saturated rings. The van der Waals surface area contributed by atoms with E-state index < -0.39 is 5.60 Å². The van der Waals surface area contributed by atoms with Crippen LogP contribution in [-0.2, 0) is 10.4 Å². The second-order valence-corrected chi connectivity index (χ2v) is 5.34. The van der Waals surface area contributed by atoms with Crippen molar-refractivity contribution in [2.24, 2.45) is 0 Å². The van der Waals surface area contributed by atoms with Gasteiger partial charge >= 0.3 is 5.97 Å². The number of hydrogen-bond donors (Lipinski definition) is 2. The molecule has 0 saturated carbocycles. The van der Waals surface area contributed by atoms with Crippen LogP contribution in [-0.4, -0.2) is 24.2 Å². The highest BCUT2D eigenvalue weighted by molar-refractivity contribution is 5.70. The highest BCUT2D eigenvalue weighted by Crippen LogP contribution is 2.33. The minimum atomic E-state index is -0.817. The molecule has 2 rings (SSSR count). The highest BCUT2D eigenvalue weighted by atomic mass is 16.5. The fourth-order valence-corrected chi connectivity index (χ4v) is 2.66. The van der Waals surface area contributed by atoms with E-state index in [1.165, 1.54) is 6.92 Å². The van der Waals surface area contributed by atoms with Gasteiger partial charge in [0.2, 0.25) is 0 Å². The summed E-state index contributed by atoms with van der Waals surface area (Å²) in [5.41, 5.74) is 1.83. The Hall–Kier alpha value is -1.39. The average Bonchev–Trinajstić information content (AvgIpc) is 2.34. The molecule has 1 atom stereocenters. The maximum Gasteiger partial charge on any atom is 0.308 e. The van der Waals surface area contributed by atoms with Crippen LogP contribution in [0, 0.1) is 13.8 Å². The number of aryl methyl sites for hydroxylation is 2. The molecule has 0 radical (unpaired) electrons. The molecule has 1 aromatic rings. The van der Waals surface area contributed by atoms with E-state index in [1.54, 1.807) is 0 Å². The summed E-state index contributed by atoms with van der Waals surface area (Å²) in [7, 11) is 0. The lowest BCUT2D eigenvalue weighted by molar-refractivity contribution is -0.131. The van der Waals surface area contributed by atoms with Crippen molar-refractivity contribution in [2.75, 3.05) is 13.1 Å². The van der Waals surface area contributed by atoms with Gasteiger partial charge in [-0.3, -0.25) is 4.79 Å². The molecule has 1 aliphatic rings. The number of carbonyl (C=O) groups is 1. The summed E-state index contributed by atoms with van der Waals surface area (Å²) in [6.45, 7) is 6.71. The molecule has 1 heterocycles.